The number of esters is 2. The first-order valence-corrected chi connectivity index (χ1v) is 13.4. The summed E-state index contributed by atoms with van der Waals surface area (Å²) in [5.41, 5.74) is 1.04. The van der Waals surface area contributed by atoms with Gasteiger partial charge < -0.3 is 23.8 Å². The van der Waals surface area contributed by atoms with E-state index in [9.17, 15) is 18.4 Å². The average molecular weight is 611 g/mol. The lowest BCUT2D eigenvalue weighted by Crippen LogP contribution is -2.21. The maximum atomic E-state index is 13.0. The van der Waals surface area contributed by atoms with Crippen LogP contribution in [-0.4, -0.2) is 50.8 Å². The van der Waals surface area contributed by atoms with E-state index < -0.39 is 31.3 Å². The Kier molecular flexibility index (Phi) is 10.2. The number of anilines is 1. The van der Waals surface area contributed by atoms with Gasteiger partial charge in [-0.05, 0) is 48.6 Å². The van der Waals surface area contributed by atoms with Crippen LogP contribution < -0.4 is 19.4 Å². The fourth-order valence-electron chi connectivity index (χ4n) is 3.78. The molecule has 13 heteroatoms. The van der Waals surface area contributed by atoms with Gasteiger partial charge in [-0.15, -0.1) is 0 Å². The Labute approximate surface area is 245 Å². The van der Waals surface area contributed by atoms with Crippen LogP contribution in [0.15, 0.2) is 48.9 Å². The van der Waals surface area contributed by atoms with Crippen LogP contribution in [0.2, 0.25) is 10.0 Å². The van der Waals surface area contributed by atoms with Crippen LogP contribution in [0.25, 0.3) is 0 Å². The number of carbonyl (C=O) groups is 2. The van der Waals surface area contributed by atoms with E-state index in [1.807, 2.05) is 14.1 Å². The van der Waals surface area contributed by atoms with E-state index in [-0.39, 0.29) is 23.5 Å². The predicted octanol–water partition coefficient (Wildman–Crippen LogP) is 5.34. The van der Waals surface area contributed by atoms with Gasteiger partial charge in [0, 0.05) is 32.3 Å². The van der Waals surface area contributed by atoms with Crippen molar-refractivity contribution >= 4 is 41.0 Å². The van der Waals surface area contributed by atoms with E-state index >= 15 is 0 Å². The van der Waals surface area contributed by atoms with Crippen molar-refractivity contribution in [1.82, 2.24) is 4.98 Å². The van der Waals surface area contributed by atoms with Gasteiger partial charge in [-0.3, -0.25) is 0 Å². The Hall–Kier alpha value is -3.70. The summed E-state index contributed by atoms with van der Waals surface area (Å²) in [5, 5.41) is 0.586. The van der Waals surface area contributed by atoms with Crippen molar-refractivity contribution in [3.63, 3.8) is 0 Å². The van der Waals surface area contributed by atoms with Gasteiger partial charge >= 0.3 is 18.6 Å². The third-order valence-corrected chi connectivity index (χ3v) is 6.82. The Morgan fingerprint density at radius 3 is 2.44 bits per heavy atom. The van der Waals surface area contributed by atoms with Crippen LogP contribution in [0.3, 0.4) is 0 Å². The van der Waals surface area contributed by atoms with Crippen LogP contribution >= 0.6 is 23.2 Å². The Morgan fingerprint density at radius 1 is 1.10 bits per heavy atom. The molecule has 0 spiro atoms. The molecule has 1 atom stereocenters. The van der Waals surface area contributed by atoms with Crippen LogP contribution in [0.1, 0.15) is 40.4 Å². The molecule has 1 aliphatic carbocycles. The number of hydrogen-bond donors (Lipinski definition) is 0. The van der Waals surface area contributed by atoms with E-state index in [0.717, 1.165) is 12.8 Å². The van der Waals surface area contributed by atoms with Gasteiger partial charge in [0.15, 0.2) is 30.5 Å². The first-order valence-electron chi connectivity index (χ1n) is 12.7. The number of halogens is 4. The molecule has 4 rings (SSSR count). The number of aromatic nitrogens is 2. The second kappa shape index (κ2) is 13.8. The number of H-pyrrole nitrogens is 1. The fourth-order valence-corrected chi connectivity index (χ4v) is 4.31. The van der Waals surface area contributed by atoms with Crippen LogP contribution in [0.4, 0.5) is 14.6 Å². The molecule has 1 N–H and O–H groups in total. The average Bonchev–Trinajstić information content (AvgIpc) is 3.77. The van der Waals surface area contributed by atoms with E-state index in [2.05, 4.69) is 14.7 Å². The molecule has 2 heterocycles. The summed E-state index contributed by atoms with van der Waals surface area (Å²) in [6.45, 7) is -3.41. The van der Waals surface area contributed by atoms with Gasteiger partial charge in [-0.1, -0.05) is 29.3 Å². The summed E-state index contributed by atoms with van der Waals surface area (Å²) in [7, 11) is 3.62. The fraction of sp³-hybridized carbons (Fsp3) is 0.357. The van der Waals surface area contributed by atoms with Crippen molar-refractivity contribution in [3.8, 4) is 11.5 Å². The number of pyridine rings is 2. The molecular weight excluding hydrogens is 583 g/mol. The maximum Gasteiger partial charge on any atom is 0.387 e. The van der Waals surface area contributed by atoms with Gasteiger partial charge in [-0.25, -0.2) is 19.6 Å². The van der Waals surface area contributed by atoms with Crippen LogP contribution in [0.5, 0.6) is 11.5 Å². The van der Waals surface area contributed by atoms with E-state index in [4.69, 9.17) is 37.4 Å². The maximum absolute atomic E-state index is 13.0. The van der Waals surface area contributed by atoms with Crippen molar-refractivity contribution in [2.24, 2.45) is 5.92 Å². The highest BCUT2D eigenvalue weighted by atomic mass is 35.5. The van der Waals surface area contributed by atoms with Crippen LogP contribution in [-0.2, 0) is 20.7 Å². The molecule has 1 aliphatic rings. The lowest BCUT2D eigenvalue weighted by molar-refractivity contribution is -0.377. The summed E-state index contributed by atoms with van der Waals surface area (Å²) in [6, 6.07) is 7.43. The largest absolute Gasteiger partial charge is 0.489 e. The molecule has 1 saturated carbocycles. The third kappa shape index (κ3) is 8.64. The molecule has 1 aromatic carbocycles. The lowest BCUT2D eigenvalue weighted by Gasteiger charge is -2.21. The van der Waals surface area contributed by atoms with Gasteiger partial charge in [0.2, 0.25) is 0 Å². The minimum atomic E-state index is -3.06. The zero-order valence-corrected chi connectivity index (χ0v) is 23.8. The standard InChI is InChI=1S/C28H27Cl2F2N3O6/c1-35(2)25-8-6-18(11-34-25)27(37)39-15-26(36)40-23(10-19-20(29)12-33-13-21(19)30)17-5-7-22(41-28(31)32)24(9-17)38-14-16-3-4-16/h5-9,11-13,16,23,28H,3-4,10,14-15H2,1-2H3/p+1/t23-/m0/s1. The molecular formula is C28H28Cl2F2N3O6+. The number of rotatable bonds is 13. The summed E-state index contributed by atoms with van der Waals surface area (Å²) in [5.74, 6) is -0.703. The van der Waals surface area contributed by atoms with Gasteiger partial charge in [0.25, 0.3) is 0 Å². The first-order chi connectivity index (χ1) is 19.6. The molecule has 9 nitrogen and oxygen atoms in total. The molecule has 0 bridgehead atoms. The van der Waals surface area contributed by atoms with Gasteiger partial charge in [0.1, 0.15) is 22.0 Å². The molecule has 0 radical (unpaired) electrons. The minimum absolute atomic E-state index is 0.0269. The van der Waals surface area contributed by atoms with E-state index in [1.165, 1.54) is 42.9 Å². The smallest absolute Gasteiger partial charge is 0.387 e. The SMILES string of the molecule is CN(C)c1ccc(C(=O)OCC(=O)O[C@@H](Cc2c(Cl)c[nH+]cc2Cl)c2ccc(OC(F)F)c(OCC3CC3)c2)cn1. The predicted molar refractivity (Wildman–Crippen MR) is 146 cm³/mol. The monoisotopic (exact) mass is 610 g/mol. The number of benzene rings is 1. The highest BCUT2D eigenvalue weighted by Gasteiger charge is 2.26. The highest BCUT2D eigenvalue weighted by molar-refractivity contribution is 6.35. The molecule has 1 fully saturated rings. The zero-order chi connectivity index (χ0) is 29.5. The molecule has 41 heavy (non-hydrogen) atoms. The topological polar surface area (TPSA) is 101 Å². The Bertz CT molecular complexity index is 1350. The molecule has 2 aromatic heterocycles. The quantitative estimate of drug-likeness (QED) is 0.239. The number of carbonyl (C=O) groups excluding carboxylic acids is 2. The van der Waals surface area contributed by atoms with Gasteiger partial charge in [0.05, 0.1) is 12.2 Å². The lowest BCUT2D eigenvalue weighted by atomic mass is 10.0. The Balaban J connectivity index is 1.53. The number of nitrogens with one attached hydrogen (secondary N) is 1. The van der Waals surface area contributed by atoms with Crippen molar-refractivity contribution in [2.45, 2.75) is 32.0 Å². The number of ether oxygens (including phenoxy) is 4. The van der Waals surface area contributed by atoms with Crippen molar-refractivity contribution in [1.29, 1.82) is 0 Å². The number of aromatic amines is 1. The molecule has 3 aromatic rings. The molecule has 218 valence electrons. The molecule has 0 saturated heterocycles. The Morgan fingerprint density at radius 2 is 1.83 bits per heavy atom. The summed E-state index contributed by atoms with van der Waals surface area (Å²) in [4.78, 5) is 34.0. The zero-order valence-electron chi connectivity index (χ0n) is 22.2. The first kappa shape index (κ1) is 30.3. The second-order valence-electron chi connectivity index (χ2n) is 9.53. The molecule has 0 unspecified atom stereocenters. The van der Waals surface area contributed by atoms with Crippen molar-refractivity contribution < 1.29 is 42.3 Å². The summed E-state index contributed by atoms with van der Waals surface area (Å²) in [6.07, 6.45) is 5.38. The summed E-state index contributed by atoms with van der Waals surface area (Å²) >= 11 is 12.7. The van der Waals surface area contributed by atoms with E-state index in [1.54, 1.807) is 11.0 Å². The highest BCUT2D eigenvalue weighted by Crippen LogP contribution is 2.37. The van der Waals surface area contributed by atoms with Crippen molar-refractivity contribution in [2.75, 3.05) is 32.2 Å². The minimum Gasteiger partial charge on any atom is -0.489 e. The van der Waals surface area contributed by atoms with E-state index in [0.29, 0.717) is 39.5 Å². The third-order valence-electron chi connectivity index (χ3n) is 6.15. The number of alkyl halides is 2. The number of hydrogen-bond acceptors (Lipinski definition) is 8. The summed E-state index contributed by atoms with van der Waals surface area (Å²) < 4.78 is 47.3. The molecule has 0 aliphatic heterocycles. The van der Waals surface area contributed by atoms with Gasteiger partial charge in [-0.2, -0.15) is 8.78 Å². The second-order valence-corrected chi connectivity index (χ2v) is 10.3. The number of nitrogens with zero attached hydrogens (tertiary/aromatic N) is 2. The normalized spacial score (nSPS) is 13.4. The molecule has 0 amide bonds. The van der Waals surface area contributed by atoms with Crippen LogP contribution in [0, 0.1) is 5.92 Å². The van der Waals surface area contributed by atoms with Crippen molar-refractivity contribution in [3.05, 3.63) is 75.7 Å².